The second kappa shape index (κ2) is 8.48. The lowest BCUT2D eigenvalue weighted by Gasteiger charge is -2.04. The van der Waals surface area contributed by atoms with Crippen LogP contribution in [-0.4, -0.2) is 26.9 Å². The Bertz CT molecular complexity index is 1760. The van der Waals surface area contributed by atoms with E-state index in [4.69, 9.17) is 9.15 Å². The largest absolute Gasteiger partial charge is 0.462 e. The molecule has 0 saturated carbocycles. The third kappa shape index (κ3) is 3.87. The number of aryl methyl sites for hydroxylation is 2. The molecule has 0 aliphatic heterocycles. The van der Waals surface area contributed by atoms with E-state index in [2.05, 4.69) is 4.98 Å². The first-order valence-corrected chi connectivity index (χ1v) is 11.6. The molecule has 3 aromatic heterocycles. The molecule has 0 amide bonds. The highest BCUT2D eigenvalue weighted by Gasteiger charge is 2.21. The van der Waals surface area contributed by atoms with Crippen LogP contribution in [0.2, 0.25) is 0 Å². The molecule has 176 valence electrons. The van der Waals surface area contributed by atoms with Gasteiger partial charge in [0.2, 0.25) is 0 Å². The third-order valence-electron chi connectivity index (χ3n) is 5.55. The van der Waals surface area contributed by atoms with Crippen molar-refractivity contribution in [3.8, 4) is 11.3 Å². The van der Waals surface area contributed by atoms with Crippen molar-refractivity contribution in [3.63, 3.8) is 0 Å². The highest BCUT2D eigenvalue weighted by Crippen LogP contribution is 2.32. The van der Waals surface area contributed by atoms with E-state index in [-0.39, 0.29) is 34.7 Å². The molecule has 5 rings (SSSR count). The summed E-state index contributed by atoms with van der Waals surface area (Å²) < 4.78 is 12.8. The molecule has 0 unspecified atom stereocenters. The minimum atomic E-state index is -0.640. The summed E-state index contributed by atoms with van der Waals surface area (Å²) in [6.07, 6.45) is 1.60. The van der Waals surface area contributed by atoms with Crippen molar-refractivity contribution in [2.75, 3.05) is 6.61 Å². The molecular formula is C25H19N3O6S. The van der Waals surface area contributed by atoms with Crippen LogP contribution in [0.3, 0.4) is 0 Å². The number of fused-ring (bicyclic) bond motifs is 3. The Labute approximate surface area is 202 Å². The number of aromatic nitrogens is 2. The monoisotopic (exact) mass is 489 g/mol. The van der Waals surface area contributed by atoms with Crippen LogP contribution in [0.25, 0.3) is 33.4 Å². The van der Waals surface area contributed by atoms with E-state index in [9.17, 15) is 19.7 Å². The lowest BCUT2D eigenvalue weighted by Crippen LogP contribution is -2.22. The lowest BCUT2D eigenvalue weighted by atomic mass is 10.1. The maximum Gasteiger partial charge on any atom is 0.338 e. The molecule has 35 heavy (non-hydrogen) atoms. The number of benzene rings is 2. The van der Waals surface area contributed by atoms with Gasteiger partial charge in [0.15, 0.2) is 4.96 Å². The van der Waals surface area contributed by atoms with E-state index >= 15 is 0 Å². The topological polar surface area (TPSA) is 117 Å². The van der Waals surface area contributed by atoms with Crippen molar-refractivity contribution >= 4 is 45.1 Å². The average Bonchev–Trinajstić information content (AvgIpc) is 3.50. The zero-order valence-electron chi connectivity index (χ0n) is 19.0. The zero-order valence-corrected chi connectivity index (χ0v) is 19.8. The van der Waals surface area contributed by atoms with Gasteiger partial charge in [0.25, 0.3) is 11.2 Å². The van der Waals surface area contributed by atoms with Crippen molar-refractivity contribution in [3.05, 3.63) is 89.9 Å². The van der Waals surface area contributed by atoms with Crippen molar-refractivity contribution in [1.82, 2.24) is 9.38 Å². The molecule has 5 aromatic rings. The Kier molecular flexibility index (Phi) is 5.45. The van der Waals surface area contributed by atoms with Crippen molar-refractivity contribution in [1.29, 1.82) is 0 Å². The SMILES string of the molecule is CCOC(=O)c1ccc(-c2ccc(/C=c3\sc4nc5c(C)cc(C)cc5n4c3=O)o2)c([N+](=O)[O-])c1. The van der Waals surface area contributed by atoms with Gasteiger partial charge in [-0.1, -0.05) is 17.4 Å². The Balaban J connectivity index is 1.57. The van der Waals surface area contributed by atoms with E-state index < -0.39 is 10.9 Å². The predicted octanol–water partition coefficient (Wildman–Crippen LogP) is 4.42. The Morgan fingerprint density at radius 3 is 2.77 bits per heavy atom. The highest BCUT2D eigenvalue weighted by atomic mass is 32.1. The van der Waals surface area contributed by atoms with Gasteiger partial charge >= 0.3 is 5.97 Å². The van der Waals surface area contributed by atoms with Gasteiger partial charge in [0.1, 0.15) is 16.1 Å². The van der Waals surface area contributed by atoms with Gasteiger partial charge in [-0.25, -0.2) is 14.2 Å². The van der Waals surface area contributed by atoms with Gasteiger partial charge in [-0.05, 0) is 62.2 Å². The van der Waals surface area contributed by atoms with Crippen LogP contribution in [0.4, 0.5) is 5.69 Å². The van der Waals surface area contributed by atoms with Gasteiger partial charge in [-0.3, -0.25) is 14.9 Å². The maximum atomic E-state index is 13.1. The molecule has 0 fully saturated rings. The quantitative estimate of drug-likeness (QED) is 0.204. The number of rotatable bonds is 5. The molecule has 0 bridgehead atoms. The fourth-order valence-corrected chi connectivity index (χ4v) is 5.01. The van der Waals surface area contributed by atoms with E-state index in [0.29, 0.717) is 15.3 Å². The summed E-state index contributed by atoms with van der Waals surface area (Å²) in [5, 5.41) is 11.6. The van der Waals surface area contributed by atoms with E-state index in [1.807, 2.05) is 26.0 Å². The number of carbonyl (C=O) groups excluding carboxylic acids is 1. The number of nitrogens with zero attached hydrogens (tertiary/aromatic N) is 3. The molecule has 0 aliphatic rings. The lowest BCUT2D eigenvalue weighted by molar-refractivity contribution is -0.384. The molecule has 0 radical (unpaired) electrons. The number of furan rings is 1. The molecule has 0 saturated heterocycles. The van der Waals surface area contributed by atoms with Crippen LogP contribution < -0.4 is 10.1 Å². The van der Waals surface area contributed by atoms with Crippen LogP contribution in [0, 0.1) is 24.0 Å². The highest BCUT2D eigenvalue weighted by molar-refractivity contribution is 7.15. The molecule has 10 heteroatoms. The molecular weight excluding hydrogens is 470 g/mol. The van der Waals surface area contributed by atoms with Crippen LogP contribution in [0.15, 0.2) is 51.7 Å². The summed E-state index contributed by atoms with van der Waals surface area (Å²) in [6, 6.07) is 11.2. The first kappa shape index (κ1) is 22.5. The van der Waals surface area contributed by atoms with Gasteiger partial charge < -0.3 is 9.15 Å². The molecule has 2 aromatic carbocycles. The summed E-state index contributed by atoms with van der Waals surface area (Å²) >= 11 is 1.25. The van der Waals surface area contributed by atoms with Crippen molar-refractivity contribution < 1.29 is 18.9 Å². The average molecular weight is 490 g/mol. The first-order valence-electron chi connectivity index (χ1n) is 10.8. The summed E-state index contributed by atoms with van der Waals surface area (Å²) in [4.78, 5) is 41.4. The Morgan fingerprint density at radius 1 is 1.23 bits per heavy atom. The minimum absolute atomic E-state index is 0.0799. The van der Waals surface area contributed by atoms with Crippen LogP contribution in [-0.2, 0) is 4.74 Å². The number of ether oxygens (including phenoxy) is 1. The summed E-state index contributed by atoms with van der Waals surface area (Å²) in [5.41, 5.74) is 3.40. The Morgan fingerprint density at radius 2 is 2.03 bits per heavy atom. The fraction of sp³-hybridized carbons (Fsp3) is 0.160. The van der Waals surface area contributed by atoms with Gasteiger partial charge in [0, 0.05) is 12.1 Å². The summed E-state index contributed by atoms with van der Waals surface area (Å²) in [7, 11) is 0. The maximum absolute atomic E-state index is 13.1. The fourth-order valence-electron chi connectivity index (χ4n) is 4.05. The minimum Gasteiger partial charge on any atom is -0.462 e. The van der Waals surface area contributed by atoms with E-state index in [0.717, 1.165) is 22.2 Å². The smallest absolute Gasteiger partial charge is 0.338 e. The van der Waals surface area contributed by atoms with E-state index in [1.54, 1.807) is 29.5 Å². The second-order valence-corrected chi connectivity index (χ2v) is 9.02. The molecule has 0 spiro atoms. The van der Waals surface area contributed by atoms with Gasteiger partial charge in [-0.15, -0.1) is 0 Å². The number of carbonyl (C=O) groups is 1. The number of imidazole rings is 1. The number of nitro groups is 1. The molecule has 9 nitrogen and oxygen atoms in total. The predicted molar refractivity (Wildman–Crippen MR) is 132 cm³/mol. The second-order valence-electron chi connectivity index (χ2n) is 8.01. The van der Waals surface area contributed by atoms with Crippen LogP contribution >= 0.6 is 11.3 Å². The number of nitro benzene ring substituents is 1. The van der Waals surface area contributed by atoms with Gasteiger partial charge in [-0.2, -0.15) is 0 Å². The Hall–Kier alpha value is -4.31. The number of esters is 1. The van der Waals surface area contributed by atoms with Crippen LogP contribution in [0.1, 0.15) is 34.2 Å². The zero-order chi connectivity index (χ0) is 24.9. The molecule has 3 heterocycles. The molecule has 0 N–H and O–H groups in total. The first-order chi connectivity index (χ1) is 16.8. The number of hydrogen-bond acceptors (Lipinski definition) is 8. The van der Waals surface area contributed by atoms with E-state index in [1.165, 1.54) is 29.5 Å². The van der Waals surface area contributed by atoms with Crippen LogP contribution in [0.5, 0.6) is 0 Å². The van der Waals surface area contributed by atoms with Crippen molar-refractivity contribution in [2.45, 2.75) is 20.8 Å². The normalized spacial score (nSPS) is 12.0. The van der Waals surface area contributed by atoms with Crippen molar-refractivity contribution in [2.24, 2.45) is 0 Å². The number of hydrogen-bond donors (Lipinski definition) is 0. The summed E-state index contributed by atoms with van der Waals surface area (Å²) in [6.45, 7) is 5.76. The third-order valence-corrected chi connectivity index (χ3v) is 6.52. The standard InChI is InChI=1S/C25H19N3O6S/c1-4-33-24(30)15-5-7-17(18(11-15)28(31)32)20-8-6-16(34-20)12-21-23(29)27-19-10-13(2)9-14(3)22(19)26-25(27)35-21/h5-12H,4H2,1-3H3/b21-12-. The summed E-state index contributed by atoms with van der Waals surface area (Å²) in [5.74, 6) is -0.0370. The number of thiazole rings is 1. The molecule has 0 aliphatic carbocycles. The van der Waals surface area contributed by atoms with Gasteiger partial charge in [0.05, 0.1) is 33.7 Å². The molecule has 0 atom stereocenters.